The first-order valence-corrected chi connectivity index (χ1v) is 12.3. The third-order valence-electron chi connectivity index (χ3n) is 6.40. The summed E-state index contributed by atoms with van der Waals surface area (Å²) in [4.78, 5) is 42.4. The summed E-state index contributed by atoms with van der Waals surface area (Å²) in [6.45, 7) is 1.27. The van der Waals surface area contributed by atoms with Crippen LogP contribution in [-0.4, -0.2) is 52.9 Å². The largest absolute Gasteiger partial charge is 0.481 e. The molecule has 9 heteroatoms. The van der Waals surface area contributed by atoms with Crippen LogP contribution in [0.2, 0.25) is 0 Å². The van der Waals surface area contributed by atoms with Gasteiger partial charge in [0, 0.05) is 25.6 Å². The van der Waals surface area contributed by atoms with E-state index in [1.54, 1.807) is 4.90 Å². The summed E-state index contributed by atoms with van der Waals surface area (Å²) in [5, 5.41) is 12.1. The number of hydrogen-bond donors (Lipinski definition) is 4. The average Bonchev–Trinajstić information content (AvgIpc) is 3.15. The number of nitrogens with two attached hydrogens (primary N) is 2. The number of guanidine groups is 1. The first kappa shape index (κ1) is 26.7. The number of benzene rings is 2. The van der Waals surface area contributed by atoms with E-state index in [1.807, 2.05) is 54.6 Å². The zero-order chi connectivity index (χ0) is 25.9. The van der Waals surface area contributed by atoms with Crippen molar-refractivity contribution in [2.45, 2.75) is 51.1 Å². The summed E-state index contributed by atoms with van der Waals surface area (Å²) in [6, 6.07) is 17.6. The van der Waals surface area contributed by atoms with Crippen LogP contribution >= 0.6 is 0 Å². The number of rotatable bonds is 13. The number of aryl methyl sites for hydroxylation is 2. The molecule has 1 saturated heterocycles. The second-order valence-corrected chi connectivity index (χ2v) is 9.17. The fourth-order valence-corrected chi connectivity index (χ4v) is 4.51. The Hall–Kier alpha value is -3.88. The molecule has 0 bridgehead atoms. The molecule has 2 amide bonds. The number of aliphatic imine (C=N–C) groups is 1. The van der Waals surface area contributed by atoms with Crippen molar-refractivity contribution < 1.29 is 19.5 Å². The van der Waals surface area contributed by atoms with Crippen LogP contribution in [-0.2, 0) is 33.8 Å². The lowest BCUT2D eigenvalue weighted by atomic mass is 10.0. The van der Waals surface area contributed by atoms with E-state index in [9.17, 15) is 19.5 Å². The molecule has 1 fully saturated rings. The second-order valence-electron chi connectivity index (χ2n) is 9.17. The van der Waals surface area contributed by atoms with E-state index in [0.717, 1.165) is 24.0 Å². The smallest absolute Gasteiger partial charge is 0.304 e. The monoisotopic (exact) mass is 493 g/mol. The summed E-state index contributed by atoms with van der Waals surface area (Å²) in [6.07, 6.45) is 2.77. The lowest BCUT2D eigenvalue weighted by molar-refractivity contribution is -0.142. The highest BCUT2D eigenvalue weighted by Gasteiger charge is 2.40. The van der Waals surface area contributed by atoms with Gasteiger partial charge < -0.3 is 26.8 Å². The van der Waals surface area contributed by atoms with Crippen LogP contribution in [0.25, 0.3) is 0 Å². The van der Waals surface area contributed by atoms with E-state index in [0.29, 0.717) is 38.9 Å². The number of carboxylic acid groups (broad SMARTS) is 1. The molecule has 0 aliphatic carbocycles. The minimum Gasteiger partial charge on any atom is -0.481 e. The van der Waals surface area contributed by atoms with Crippen molar-refractivity contribution in [2.75, 3.05) is 13.1 Å². The molecule has 0 spiro atoms. The van der Waals surface area contributed by atoms with Gasteiger partial charge in [-0.25, -0.2) is 4.99 Å². The van der Waals surface area contributed by atoms with Crippen molar-refractivity contribution in [2.24, 2.45) is 22.4 Å². The number of carboxylic acids is 1. The highest BCUT2D eigenvalue weighted by Crippen LogP contribution is 2.27. The molecule has 0 radical (unpaired) electrons. The molecule has 1 aliphatic heterocycles. The van der Waals surface area contributed by atoms with Gasteiger partial charge in [0.15, 0.2) is 5.96 Å². The first-order valence-electron chi connectivity index (χ1n) is 12.3. The molecule has 6 N–H and O–H groups in total. The third-order valence-corrected chi connectivity index (χ3v) is 6.40. The number of nitrogens with zero attached hydrogens (tertiary/aromatic N) is 2. The third kappa shape index (κ3) is 8.41. The number of carbonyl (C=O) groups is 3. The van der Waals surface area contributed by atoms with Gasteiger partial charge in [-0.15, -0.1) is 0 Å². The molecule has 0 unspecified atom stereocenters. The topological polar surface area (TPSA) is 151 Å². The Morgan fingerprint density at radius 1 is 1.00 bits per heavy atom. The highest BCUT2D eigenvalue weighted by atomic mass is 16.4. The van der Waals surface area contributed by atoms with Crippen molar-refractivity contribution in [3.05, 3.63) is 71.3 Å². The molecule has 36 heavy (non-hydrogen) atoms. The molecule has 9 nitrogen and oxygen atoms in total. The predicted molar refractivity (Wildman–Crippen MR) is 138 cm³/mol. The van der Waals surface area contributed by atoms with Crippen LogP contribution in [0.15, 0.2) is 59.6 Å². The number of aliphatic carboxylic acids is 1. The fourth-order valence-electron chi connectivity index (χ4n) is 4.51. The molecule has 192 valence electrons. The molecule has 0 saturated carbocycles. The van der Waals surface area contributed by atoms with E-state index in [-0.39, 0.29) is 30.2 Å². The Balaban J connectivity index is 1.49. The number of likely N-dealkylation sites (tertiary alicyclic amines) is 1. The number of nitrogens with one attached hydrogen (secondary N) is 1. The van der Waals surface area contributed by atoms with Crippen molar-refractivity contribution in [1.82, 2.24) is 10.2 Å². The van der Waals surface area contributed by atoms with Crippen LogP contribution in [0.1, 0.15) is 42.4 Å². The number of hydrogen-bond acceptors (Lipinski definition) is 4. The maximum absolute atomic E-state index is 12.9. The Kier molecular flexibility index (Phi) is 9.85. The van der Waals surface area contributed by atoms with E-state index in [2.05, 4.69) is 10.3 Å². The Labute approximate surface area is 211 Å². The Morgan fingerprint density at radius 3 is 2.33 bits per heavy atom. The average molecular weight is 494 g/mol. The summed E-state index contributed by atoms with van der Waals surface area (Å²) < 4.78 is 0. The molecule has 2 aromatic rings. The highest BCUT2D eigenvalue weighted by molar-refractivity contribution is 5.85. The molecular formula is C27H35N5O4. The maximum atomic E-state index is 12.9. The van der Waals surface area contributed by atoms with E-state index < -0.39 is 11.9 Å². The Bertz CT molecular complexity index is 1050. The molecule has 1 aliphatic rings. The molecule has 0 aromatic heterocycles. The van der Waals surface area contributed by atoms with Crippen LogP contribution in [0, 0.1) is 5.92 Å². The first-order chi connectivity index (χ1) is 17.3. The molecule has 1 heterocycles. The van der Waals surface area contributed by atoms with E-state index in [4.69, 9.17) is 11.5 Å². The van der Waals surface area contributed by atoms with E-state index >= 15 is 0 Å². The summed E-state index contributed by atoms with van der Waals surface area (Å²) in [5.41, 5.74) is 13.9. The van der Waals surface area contributed by atoms with Gasteiger partial charge in [0.05, 0.1) is 18.9 Å². The standard InChI is InChI=1S/C27H35N5O4/c28-27(29)31-17-21-10-8-20(9-11-21)12-13-24(33)30-18-23-15-22(16-25(34)35)26(36)32(23)14-4-7-19-5-2-1-3-6-19/h1-3,5-6,8-11,22-23H,4,7,12-18H2,(H,30,33)(H,34,35)(H4,28,29,31)/t22-,23-/m0/s1. The maximum Gasteiger partial charge on any atom is 0.304 e. The van der Waals surface area contributed by atoms with Crippen LogP contribution in [0.5, 0.6) is 0 Å². The predicted octanol–water partition coefficient (Wildman–Crippen LogP) is 1.83. The van der Waals surface area contributed by atoms with Crippen LogP contribution in [0.4, 0.5) is 0 Å². The van der Waals surface area contributed by atoms with Crippen LogP contribution in [0.3, 0.4) is 0 Å². The number of amides is 2. The molecule has 3 rings (SSSR count). The summed E-state index contributed by atoms with van der Waals surface area (Å²) >= 11 is 0. The van der Waals surface area contributed by atoms with Crippen LogP contribution < -0.4 is 16.8 Å². The molecule has 2 aromatic carbocycles. The fraction of sp³-hybridized carbons (Fsp3) is 0.407. The van der Waals surface area contributed by atoms with Gasteiger partial charge >= 0.3 is 5.97 Å². The van der Waals surface area contributed by atoms with Gasteiger partial charge in [0.1, 0.15) is 0 Å². The SMILES string of the molecule is NC(N)=NCc1ccc(CCC(=O)NC[C@@H]2C[C@@H](CC(=O)O)C(=O)N2CCCc2ccccc2)cc1. The van der Waals surface area contributed by atoms with E-state index in [1.165, 1.54) is 5.56 Å². The van der Waals surface area contributed by atoms with Crippen molar-refractivity contribution >= 4 is 23.7 Å². The van der Waals surface area contributed by atoms with Gasteiger partial charge in [0.25, 0.3) is 0 Å². The molecular weight excluding hydrogens is 458 g/mol. The quantitative estimate of drug-likeness (QED) is 0.247. The molecule has 2 atom stereocenters. The van der Waals surface area contributed by atoms with Crippen molar-refractivity contribution in [3.63, 3.8) is 0 Å². The zero-order valence-electron chi connectivity index (χ0n) is 20.4. The lowest BCUT2D eigenvalue weighted by Crippen LogP contribution is -2.42. The minimum absolute atomic E-state index is 0.0451. The Morgan fingerprint density at radius 2 is 1.67 bits per heavy atom. The van der Waals surface area contributed by atoms with Gasteiger partial charge in [-0.1, -0.05) is 54.6 Å². The normalized spacial score (nSPS) is 17.1. The zero-order valence-corrected chi connectivity index (χ0v) is 20.4. The second kappa shape index (κ2) is 13.3. The van der Waals surface area contributed by atoms with Gasteiger partial charge in [0.2, 0.25) is 11.8 Å². The van der Waals surface area contributed by atoms with Gasteiger partial charge in [-0.05, 0) is 42.4 Å². The number of carbonyl (C=O) groups excluding carboxylic acids is 2. The van der Waals surface area contributed by atoms with Crippen molar-refractivity contribution in [3.8, 4) is 0 Å². The van der Waals surface area contributed by atoms with Gasteiger partial charge in [-0.2, -0.15) is 0 Å². The van der Waals surface area contributed by atoms with Gasteiger partial charge in [-0.3, -0.25) is 14.4 Å². The van der Waals surface area contributed by atoms with Crippen molar-refractivity contribution in [1.29, 1.82) is 0 Å². The lowest BCUT2D eigenvalue weighted by Gasteiger charge is -2.25. The summed E-state index contributed by atoms with van der Waals surface area (Å²) in [5.74, 6) is -1.71. The minimum atomic E-state index is -0.980. The summed E-state index contributed by atoms with van der Waals surface area (Å²) in [7, 11) is 0.